The molecule has 0 radical (unpaired) electrons. The predicted molar refractivity (Wildman–Crippen MR) is 118 cm³/mol. The van der Waals surface area contributed by atoms with Gasteiger partial charge in [0.25, 0.3) is 0 Å². The van der Waals surface area contributed by atoms with Gasteiger partial charge in [-0.3, -0.25) is 0 Å². The van der Waals surface area contributed by atoms with Crippen LogP contribution in [-0.2, 0) is 5.41 Å². The van der Waals surface area contributed by atoms with Crippen molar-refractivity contribution in [1.29, 1.82) is 0 Å². The van der Waals surface area contributed by atoms with Crippen molar-refractivity contribution in [2.24, 2.45) is 5.41 Å². The maximum atomic E-state index is 6.13. The van der Waals surface area contributed by atoms with Gasteiger partial charge in [-0.05, 0) is 51.1 Å². The third-order valence-electron chi connectivity index (χ3n) is 5.22. The fourth-order valence-electron chi connectivity index (χ4n) is 3.50. The molecule has 0 fully saturated rings. The van der Waals surface area contributed by atoms with Gasteiger partial charge in [0.1, 0.15) is 5.52 Å². The van der Waals surface area contributed by atoms with E-state index in [9.17, 15) is 0 Å². The number of fused-ring (bicyclic) bond motifs is 2. The number of anilines is 1. The molecule has 150 valence electrons. The number of ether oxygens (including phenoxy) is 1. The van der Waals surface area contributed by atoms with Crippen LogP contribution in [0.4, 0.5) is 5.69 Å². The fourth-order valence-corrected chi connectivity index (χ4v) is 3.50. The van der Waals surface area contributed by atoms with Gasteiger partial charge in [-0.15, -0.1) is 0 Å². The van der Waals surface area contributed by atoms with Crippen LogP contribution in [0.3, 0.4) is 0 Å². The number of aromatic nitrogens is 1. The second kappa shape index (κ2) is 7.11. The molecular formula is C25H28N2O2. The zero-order valence-electron chi connectivity index (χ0n) is 17.8. The molecule has 0 unspecified atom stereocenters. The van der Waals surface area contributed by atoms with Crippen LogP contribution in [0.1, 0.15) is 40.5 Å². The minimum atomic E-state index is -0.321. The Balaban J connectivity index is 1.59. The van der Waals surface area contributed by atoms with Crippen LogP contribution in [-0.4, -0.2) is 11.5 Å². The van der Waals surface area contributed by atoms with Gasteiger partial charge >= 0.3 is 0 Å². The van der Waals surface area contributed by atoms with Crippen molar-refractivity contribution in [3.05, 3.63) is 78.5 Å². The molecule has 0 saturated carbocycles. The molecule has 4 nitrogen and oxygen atoms in total. The standard InChI is InChI=1S/C25H28N2O2/c1-6-27-19-12-8-10-14-21(19)28-22(27)17-24(2,3)15-16-25(4,5)23-26-18-11-7-9-13-20(18)29-23/h7-17H,6H2,1-5H3. The highest BCUT2D eigenvalue weighted by Crippen LogP contribution is 2.40. The van der Waals surface area contributed by atoms with E-state index in [1.807, 2.05) is 42.5 Å². The summed E-state index contributed by atoms with van der Waals surface area (Å²) >= 11 is 0. The van der Waals surface area contributed by atoms with Crippen LogP contribution in [0.25, 0.3) is 11.1 Å². The maximum Gasteiger partial charge on any atom is 0.204 e. The number of nitrogens with zero attached hydrogens (tertiary/aromatic N) is 2. The van der Waals surface area contributed by atoms with Crippen LogP contribution in [0.5, 0.6) is 5.75 Å². The Morgan fingerprint density at radius 2 is 1.69 bits per heavy atom. The van der Waals surface area contributed by atoms with Gasteiger partial charge in [-0.25, -0.2) is 4.98 Å². The van der Waals surface area contributed by atoms with E-state index in [0.29, 0.717) is 0 Å². The van der Waals surface area contributed by atoms with E-state index in [1.165, 1.54) is 0 Å². The lowest BCUT2D eigenvalue weighted by atomic mass is 9.86. The normalized spacial score (nSPS) is 16.0. The van der Waals surface area contributed by atoms with E-state index in [4.69, 9.17) is 9.15 Å². The summed E-state index contributed by atoms with van der Waals surface area (Å²) in [4.78, 5) is 6.88. The summed E-state index contributed by atoms with van der Waals surface area (Å²) in [5.41, 5.74) is 2.31. The van der Waals surface area contributed by atoms with E-state index >= 15 is 0 Å². The van der Waals surface area contributed by atoms with E-state index < -0.39 is 0 Å². The molecule has 1 aliphatic rings. The molecule has 0 spiro atoms. The van der Waals surface area contributed by atoms with E-state index in [2.05, 4.69) is 68.8 Å². The number of benzene rings is 2. The Bertz CT molecular complexity index is 1060. The molecule has 1 aliphatic heterocycles. The predicted octanol–water partition coefficient (Wildman–Crippen LogP) is 6.45. The first-order chi connectivity index (χ1) is 13.8. The van der Waals surface area contributed by atoms with Crippen molar-refractivity contribution in [1.82, 2.24) is 4.98 Å². The Kier molecular flexibility index (Phi) is 4.73. The molecule has 3 aromatic rings. The highest BCUT2D eigenvalue weighted by molar-refractivity contribution is 5.72. The quantitative estimate of drug-likeness (QED) is 0.471. The second-order valence-electron chi connectivity index (χ2n) is 8.66. The lowest BCUT2D eigenvalue weighted by molar-refractivity contribution is 0.421. The van der Waals surface area contributed by atoms with Gasteiger partial charge in [-0.1, -0.05) is 50.3 Å². The van der Waals surface area contributed by atoms with E-state index in [1.54, 1.807) is 0 Å². The van der Waals surface area contributed by atoms with Crippen LogP contribution in [0, 0.1) is 5.41 Å². The summed E-state index contributed by atoms with van der Waals surface area (Å²) in [5, 5.41) is 0. The minimum absolute atomic E-state index is 0.200. The number of hydrogen-bond acceptors (Lipinski definition) is 4. The number of hydrogen-bond donors (Lipinski definition) is 0. The van der Waals surface area contributed by atoms with E-state index in [0.717, 1.165) is 40.9 Å². The third kappa shape index (κ3) is 3.80. The second-order valence-corrected chi connectivity index (χ2v) is 8.66. The van der Waals surface area contributed by atoms with Gasteiger partial charge in [0.15, 0.2) is 17.2 Å². The average Bonchev–Trinajstić information content (AvgIpc) is 3.27. The summed E-state index contributed by atoms with van der Waals surface area (Å²) < 4.78 is 12.1. The molecule has 2 heterocycles. The van der Waals surface area contributed by atoms with Crippen molar-refractivity contribution in [2.45, 2.75) is 40.0 Å². The van der Waals surface area contributed by atoms with Gasteiger partial charge in [-0.2, -0.15) is 0 Å². The monoisotopic (exact) mass is 388 g/mol. The summed E-state index contributed by atoms with van der Waals surface area (Å²) in [6.45, 7) is 11.6. The molecule has 0 amide bonds. The lowest BCUT2D eigenvalue weighted by Gasteiger charge is -2.23. The SMILES string of the molecule is CCN1C(=CC(C)(C)C=CC(C)(C)c2nc3ccccc3o2)Oc2ccccc21. The Labute approximate surface area is 172 Å². The summed E-state index contributed by atoms with van der Waals surface area (Å²) in [5.74, 6) is 2.51. The average molecular weight is 389 g/mol. The molecule has 0 aliphatic carbocycles. The first-order valence-corrected chi connectivity index (χ1v) is 10.1. The molecule has 4 rings (SSSR count). The lowest BCUT2D eigenvalue weighted by Crippen LogP contribution is -2.22. The maximum absolute atomic E-state index is 6.13. The van der Waals surface area contributed by atoms with Crippen molar-refractivity contribution < 1.29 is 9.15 Å². The largest absolute Gasteiger partial charge is 0.440 e. The summed E-state index contributed by atoms with van der Waals surface area (Å²) in [6.07, 6.45) is 6.55. The smallest absolute Gasteiger partial charge is 0.204 e. The Morgan fingerprint density at radius 1 is 0.966 bits per heavy atom. The first-order valence-electron chi connectivity index (χ1n) is 10.1. The van der Waals surface area contributed by atoms with E-state index in [-0.39, 0.29) is 10.8 Å². The van der Waals surface area contributed by atoms with Crippen LogP contribution in [0.15, 0.2) is 77.1 Å². The third-order valence-corrected chi connectivity index (χ3v) is 5.22. The van der Waals surface area contributed by atoms with Crippen LogP contribution < -0.4 is 9.64 Å². The number of allylic oxidation sites excluding steroid dienone is 3. The van der Waals surface area contributed by atoms with Crippen molar-refractivity contribution in [2.75, 3.05) is 11.4 Å². The topological polar surface area (TPSA) is 38.5 Å². The van der Waals surface area contributed by atoms with Gasteiger partial charge in [0.2, 0.25) is 5.89 Å². The number of rotatable bonds is 5. The van der Waals surface area contributed by atoms with Crippen molar-refractivity contribution in [3.63, 3.8) is 0 Å². The summed E-state index contributed by atoms with van der Waals surface area (Å²) in [6, 6.07) is 16.0. The van der Waals surface area contributed by atoms with Crippen molar-refractivity contribution >= 4 is 16.8 Å². The van der Waals surface area contributed by atoms with Gasteiger partial charge in [0, 0.05) is 12.0 Å². The number of para-hydroxylation sites is 4. The van der Waals surface area contributed by atoms with Crippen LogP contribution >= 0.6 is 0 Å². The van der Waals surface area contributed by atoms with Crippen LogP contribution in [0.2, 0.25) is 0 Å². The molecule has 0 N–H and O–H groups in total. The molecule has 0 bridgehead atoms. The summed E-state index contributed by atoms with van der Waals surface area (Å²) in [7, 11) is 0. The molecule has 0 atom stereocenters. The highest BCUT2D eigenvalue weighted by Gasteiger charge is 2.28. The molecule has 4 heteroatoms. The van der Waals surface area contributed by atoms with Crippen molar-refractivity contribution in [3.8, 4) is 5.75 Å². The molecule has 29 heavy (non-hydrogen) atoms. The zero-order chi connectivity index (χ0) is 20.6. The molecule has 0 saturated heterocycles. The minimum Gasteiger partial charge on any atom is -0.440 e. The molecular weight excluding hydrogens is 360 g/mol. The molecule has 2 aromatic carbocycles. The fraction of sp³-hybridized carbons (Fsp3) is 0.320. The highest BCUT2D eigenvalue weighted by atomic mass is 16.5. The van der Waals surface area contributed by atoms with Gasteiger partial charge < -0.3 is 14.1 Å². The number of oxazole rings is 1. The first kappa shape index (κ1) is 19.3. The molecule has 1 aromatic heterocycles. The van der Waals surface area contributed by atoms with Gasteiger partial charge in [0.05, 0.1) is 11.1 Å². The Morgan fingerprint density at radius 3 is 2.45 bits per heavy atom. The Hall–Kier alpha value is -3.01. The zero-order valence-corrected chi connectivity index (χ0v) is 17.8.